The molecule has 0 unspecified atom stereocenters. The molecule has 2 amide bonds. The monoisotopic (exact) mass is 449 g/mol. The molecule has 172 valence electrons. The lowest BCUT2D eigenvalue weighted by Gasteiger charge is -2.33. The van der Waals surface area contributed by atoms with Crippen molar-refractivity contribution in [2.45, 2.75) is 6.10 Å². The highest BCUT2D eigenvalue weighted by Gasteiger charge is 2.29. The lowest BCUT2D eigenvalue weighted by Crippen LogP contribution is -2.42. The summed E-state index contributed by atoms with van der Waals surface area (Å²) in [7, 11) is 3.41. The fraction of sp³-hybridized carbons (Fsp3) is 0.333. The van der Waals surface area contributed by atoms with Gasteiger partial charge in [-0.05, 0) is 24.3 Å². The first-order chi connectivity index (χ1) is 16.0. The standard InChI is InChI=1S/C24H27N5O4/c1-25-22-13-16(7-8-26-22)23(31)29-10-12-33-21(15-29)20-14-18(24(32)28(2)9-11-30)17-5-3-4-6-19(17)27-20/h3-8,13-14,21,30H,9-12,15H2,1-2H3,(H,25,26)/t21-/m1/s1. The smallest absolute Gasteiger partial charge is 0.254 e. The molecule has 1 fully saturated rings. The number of benzene rings is 1. The molecule has 0 spiro atoms. The van der Waals surface area contributed by atoms with Gasteiger partial charge in [0.25, 0.3) is 11.8 Å². The highest BCUT2D eigenvalue weighted by molar-refractivity contribution is 6.06. The number of anilines is 1. The SMILES string of the molecule is CNc1cc(C(=O)N2CCO[C@@H](c3cc(C(=O)N(C)CCO)c4ccccc4n3)C2)ccn1. The van der Waals surface area contributed by atoms with Gasteiger partial charge in [0.15, 0.2) is 0 Å². The van der Waals surface area contributed by atoms with Gasteiger partial charge in [0, 0.05) is 44.3 Å². The predicted octanol–water partition coefficient (Wildman–Crippen LogP) is 1.95. The maximum absolute atomic E-state index is 13.1. The highest BCUT2D eigenvalue weighted by atomic mass is 16.5. The maximum atomic E-state index is 13.1. The van der Waals surface area contributed by atoms with E-state index in [4.69, 9.17) is 9.72 Å². The average Bonchev–Trinajstić information content (AvgIpc) is 2.87. The molecule has 1 saturated heterocycles. The molecule has 0 aliphatic carbocycles. The maximum Gasteiger partial charge on any atom is 0.254 e. The highest BCUT2D eigenvalue weighted by Crippen LogP contribution is 2.27. The molecule has 0 saturated carbocycles. The van der Waals surface area contributed by atoms with Gasteiger partial charge in [-0.25, -0.2) is 9.97 Å². The third kappa shape index (κ3) is 4.79. The number of nitrogens with one attached hydrogen (secondary N) is 1. The van der Waals surface area contributed by atoms with E-state index in [-0.39, 0.29) is 25.0 Å². The van der Waals surface area contributed by atoms with Crippen LogP contribution in [0.1, 0.15) is 32.5 Å². The lowest BCUT2D eigenvalue weighted by atomic mass is 10.0. The van der Waals surface area contributed by atoms with E-state index in [0.29, 0.717) is 47.9 Å². The number of nitrogens with zero attached hydrogens (tertiary/aromatic N) is 4. The Kier molecular flexibility index (Phi) is 6.81. The Morgan fingerprint density at radius 2 is 2.09 bits per heavy atom. The minimum atomic E-state index is -0.465. The number of hydrogen-bond donors (Lipinski definition) is 2. The second kappa shape index (κ2) is 9.93. The molecule has 9 heteroatoms. The molecule has 0 bridgehead atoms. The van der Waals surface area contributed by atoms with Gasteiger partial charge < -0.3 is 25.0 Å². The van der Waals surface area contributed by atoms with Gasteiger partial charge >= 0.3 is 0 Å². The van der Waals surface area contributed by atoms with E-state index in [9.17, 15) is 14.7 Å². The molecule has 2 N–H and O–H groups in total. The predicted molar refractivity (Wildman–Crippen MR) is 124 cm³/mol. The summed E-state index contributed by atoms with van der Waals surface area (Å²) in [6, 6.07) is 12.6. The summed E-state index contributed by atoms with van der Waals surface area (Å²) in [5.74, 6) is 0.308. The molecule has 3 aromatic rings. The zero-order chi connectivity index (χ0) is 23.4. The van der Waals surface area contributed by atoms with Crippen molar-refractivity contribution in [2.75, 3.05) is 52.3 Å². The number of rotatable bonds is 6. The number of amides is 2. The molecule has 1 aromatic carbocycles. The number of pyridine rings is 2. The second-order valence-corrected chi connectivity index (χ2v) is 7.85. The molecule has 33 heavy (non-hydrogen) atoms. The molecule has 4 rings (SSSR count). The van der Waals surface area contributed by atoms with Gasteiger partial charge in [0.1, 0.15) is 11.9 Å². The number of carbonyl (C=O) groups is 2. The molecule has 9 nitrogen and oxygen atoms in total. The summed E-state index contributed by atoms with van der Waals surface area (Å²) in [5, 5.41) is 12.9. The van der Waals surface area contributed by atoms with Crippen LogP contribution in [-0.4, -0.2) is 83.6 Å². The van der Waals surface area contributed by atoms with Crippen LogP contribution in [-0.2, 0) is 4.74 Å². The van der Waals surface area contributed by atoms with Crippen LogP contribution in [0, 0.1) is 0 Å². The molecule has 0 radical (unpaired) electrons. The normalized spacial score (nSPS) is 16.0. The first-order valence-electron chi connectivity index (χ1n) is 10.8. The first kappa shape index (κ1) is 22.6. The van der Waals surface area contributed by atoms with E-state index in [1.54, 1.807) is 43.4 Å². The van der Waals surface area contributed by atoms with Crippen molar-refractivity contribution in [3.8, 4) is 0 Å². The molecular weight excluding hydrogens is 422 g/mol. The minimum absolute atomic E-state index is 0.109. The third-order valence-corrected chi connectivity index (χ3v) is 5.70. The number of aliphatic hydroxyl groups is 1. The fourth-order valence-electron chi connectivity index (χ4n) is 3.89. The second-order valence-electron chi connectivity index (χ2n) is 7.85. The number of carbonyl (C=O) groups excluding carboxylic acids is 2. The van der Waals surface area contributed by atoms with Crippen molar-refractivity contribution in [1.82, 2.24) is 19.8 Å². The Balaban J connectivity index is 1.64. The van der Waals surface area contributed by atoms with Crippen LogP contribution in [0.15, 0.2) is 48.7 Å². The summed E-state index contributed by atoms with van der Waals surface area (Å²) in [6.45, 7) is 1.26. The Bertz CT molecular complexity index is 1170. The van der Waals surface area contributed by atoms with Gasteiger partial charge in [-0.2, -0.15) is 0 Å². The summed E-state index contributed by atoms with van der Waals surface area (Å²) >= 11 is 0. The van der Waals surface area contributed by atoms with E-state index in [1.807, 2.05) is 24.3 Å². The molecule has 1 aliphatic heterocycles. The van der Waals surface area contributed by atoms with Crippen molar-refractivity contribution in [3.05, 3.63) is 65.5 Å². The molecule has 1 atom stereocenters. The van der Waals surface area contributed by atoms with E-state index in [2.05, 4.69) is 10.3 Å². The van der Waals surface area contributed by atoms with Crippen molar-refractivity contribution in [3.63, 3.8) is 0 Å². The number of ether oxygens (including phenoxy) is 1. The van der Waals surface area contributed by atoms with Crippen molar-refractivity contribution in [2.24, 2.45) is 0 Å². The topological polar surface area (TPSA) is 108 Å². The average molecular weight is 450 g/mol. The van der Waals surface area contributed by atoms with Crippen LogP contribution in [0.4, 0.5) is 5.82 Å². The molecular formula is C24H27N5O4. The van der Waals surface area contributed by atoms with Crippen LogP contribution in [0.5, 0.6) is 0 Å². The summed E-state index contributed by atoms with van der Waals surface area (Å²) in [4.78, 5) is 38.3. The number of likely N-dealkylation sites (N-methyl/N-ethyl adjacent to an activating group) is 1. The van der Waals surface area contributed by atoms with Crippen LogP contribution < -0.4 is 5.32 Å². The zero-order valence-corrected chi connectivity index (χ0v) is 18.7. The van der Waals surface area contributed by atoms with E-state index in [0.717, 1.165) is 5.39 Å². The van der Waals surface area contributed by atoms with Crippen molar-refractivity contribution in [1.29, 1.82) is 0 Å². The van der Waals surface area contributed by atoms with E-state index in [1.165, 1.54) is 4.90 Å². The van der Waals surface area contributed by atoms with Gasteiger partial charge in [0.05, 0.1) is 36.5 Å². The zero-order valence-electron chi connectivity index (χ0n) is 18.7. The Labute approximate surface area is 192 Å². The molecule has 2 aromatic heterocycles. The quantitative estimate of drug-likeness (QED) is 0.592. The number of morpholine rings is 1. The first-order valence-corrected chi connectivity index (χ1v) is 10.8. The Morgan fingerprint density at radius 1 is 1.27 bits per heavy atom. The number of para-hydroxylation sites is 1. The summed E-state index contributed by atoms with van der Waals surface area (Å²) in [6.07, 6.45) is 1.13. The largest absolute Gasteiger partial charge is 0.395 e. The van der Waals surface area contributed by atoms with E-state index >= 15 is 0 Å². The summed E-state index contributed by atoms with van der Waals surface area (Å²) in [5.41, 5.74) is 2.31. The fourth-order valence-corrected chi connectivity index (χ4v) is 3.89. The Hall–Kier alpha value is -3.56. The number of aromatic nitrogens is 2. The minimum Gasteiger partial charge on any atom is -0.395 e. The van der Waals surface area contributed by atoms with Crippen molar-refractivity contribution >= 4 is 28.5 Å². The van der Waals surface area contributed by atoms with Crippen LogP contribution in [0.3, 0.4) is 0 Å². The van der Waals surface area contributed by atoms with Crippen LogP contribution in [0.2, 0.25) is 0 Å². The van der Waals surface area contributed by atoms with Crippen molar-refractivity contribution < 1.29 is 19.4 Å². The van der Waals surface area contributed by atoms with Gasteiger partial charge in [-0.3, -0.25) is 9.59 Å². The van der Waals surface area contributed by atoms with Gasteiger partial charge in [0.2, 0.25) is 0 Å². The number of aliphatic hydroxyl groups excluding tert-OH is 1. The molecule has 1 aliphatic rings. The number of hydrogen-bond acceptors (Lipinski definition) is 7. The van der Waals surface area contributed by atoms with E-state index < -0.39 is 6.10 Å². The van der Waals surface area contributed by atoms with Gasteiger partial charge in [-0.15, -0.1) is 0 Å². The third-order valence-electron chi connectivity index (χ3n) is 5.70. The Morgan fingerprint density at radius 3 is 2.88 bits per heavy atom. The van der Waals surface area contributed by atoms with Crippen LogP contribution in [0.25, 0.3) is 10.9 Å². The molecule has 3 heterocycles. The number of fused-ring (bicyclic) bond motifs is 1. The van der Waals surface area contributed by atoms with Crippen LogP contribution >= 0.6 is 0 Å². The lowest BCUT2D eigenvalue weighted by molar-refractivity contribution is -0.0246. The summed E-state index contributed by atoms with van der Waals surface area (Å²) < 4.78 is 5.97. The van der Waals surface area contributed by atoms with Gasteiger partial charge in [-0.1, -0.05) is 18.2 Å².